The first kappa shape index (κ1) is 40.1. The highest BCUT2D eigenvalue weighted by atomic mass is 16.8. The Morgan fingerprint density at radius 3 is 1.77 bits per heavy atom. The van der Waals surface area contributed by atoms with Crippen molar-refractivity contribution in [2.75, 3.05) is 26.4 Å². The lowest BCUT2D eigenvalue weighted by atomic mass is 9.93. The van der Waals surface area contributed by atoms with Gasteiger partial charge in [-0.15, -0.1) is 0 Å². The van der Waals surface area contributed by atoms with Crippen LogP contribution in [0.4, 0.5) is 0 Å². The molecule has 3 fully saturated rings. The Labute approximate surface area is 265 Å². The second kappa shape index (κ2) is 16.6. The van der Waals surface area contributed by atoms with Gasteiger partial charge in [-0.3, -0.25) is 0 Å². The number of carbonyl (C=O) groups is 1. The maximum Gasteiger partial charge on any atom is 0.340 e. The molecule has 23 heteroatoms. The molecule has 0 radical (unpaired) electrons. The monoisotopic (exact) mass is 695 g/mol. The fourth-order valence-electron chi connectivity index (χ4n) is 5.19. The lowest BCUT2D eigenvalue weighted by Crippen LogP contribution is -2.72. The lowest BCUT2D eigenvalue weighted by Gasteiger charge is -2.50. The minimum absolute atomic E-state index is 0.755. The molecular formula is C24H45N3O20. The predicted octanol–water partition coefficient (Wildman–Crippen LogP) is -11.4. The average Bonchev–Trinajstić information content (AvgIpc) is 3.07. The van der Waals surface area contributed by atoms with Gasteiger partial charge >= 0.3 is 5.97 Å². The predicted molar refractivity (Wildman–Crippen MR) is 143 cm³/mol. The van der Waals surface area contributed by atoms with Gasteiger partial charge < -0.3 is 112 Å². The van der Waals surface area contributed by atoms with Gasteiger partial charge in [0, 0.05) is 0 Å². The summed E-state index contributed by atoms with van der Waals surface area (Å²) in [7, 11) is 0. The first-order chi connectivity index (χ1) is 22.0. The summed E-state index contributed by atoms with van der Waals surface area (Å²) in [4.78, 5) is 12.6. The molecule has 19 atom stereocenters. The van der Waals surface area contributed by atoms with Crippen LogP contribution in [0, 0.1) is 0 Å². The first-order valence-corrected chi connectivity index (χ1v) is 14.3. The number of carbonyl (C=O) groups excluding carboxylic acids is 1. The second-order valence-electron chi connectivity index (χ2n) is 11.4. The summed E-state index contributed by atoms with van der Waals surface area (Å²) >= 11 is 0. The third-order valence-electron chi connectivity index (χ3n) is 8.19. The molecule has 3 aliphatic heterocycles. The highest BCUT2D eigenvalue weighted by molar-refractivity contribution is 5.75. The molecule has 3 rings (SSSR count). The van der Waals surface area contributed by atoms with Crippen molar-refractivity contribution in [1.82, 2.24) is 0 Å². The van der Waals surface area contributed by atoms with Gasteiger partial charge in [0.25, 0.3) is 5.79 Å². The van der Waals surface area contributed by atoms with E-state index in [1.807, 2.05) is 0 Å². The summed E-state index contributed by atoms with van der Waals surface area (Å²) in [6, 6.07) is -4.68. The van der Waals surface area contributed by atoms with Gasteiger partial charge in [-0.05, 0) is 0 Å². The van der Waals surface area contributed by atoms with Crippen molar-refractivity contribution in [2.24, 2.45) is 17.2 Å². The Bertz CT molecular complexity index is 1000. The lowest BCUT2D eigenvalue weighted by molar-refractivity contribution is -0.400. The largest absolute Gasteiger partial charge is 0.425 e. The molecule has 276 valence electrons. The van der Waals surface area contributed by atoms with E-state index in [4.69, 9.17) is 50.7 Å². The maximum absolute atomic E-state index is 12.6. The van der Waals surface area contributed by atoms with E-state index in [-0.39, 0.29) is 0 Å². The number of ether oxygens (including phenoxy) is 6. The van der Waals surface area contributed by atoms with Crippen LogP contribution in [-0.2, 0) is 33.2 Å². The molecule has 3 aliphatic rings. The van der Waals surface area contributed by atoms with Gasteiger partial charge in [-0.25, -0.2) is 4.79 Å². The number of rotatable bonds is 13. The van der Waals surface area contributed by atoms with Crippen molar-refractivity contribution in [2.45, 2.75) is 116 Å². The quantitative estimate of drug-likeness (QED) is 0.0795. The molecule has 0 aromatic carbocycles. The summed E-state index contributed by atoms with van der Waals surface area (Å²) in [5, 5.41) is 131. The normalized spacial score (nSPS) is 45.5. The van der Waals surface area contributed by atoms with Crippen molar-refractivity contribution < 1.29 is 99.6 Å². The van der Waals surface area contributed by atoms with E-state index in [1.165, 1.54) is 0 Å². The van der Waals surface area contributed by atoms with E-state index >= 15 is 0 Å². The number of aliphatic hydroxyl groups is 13. The number of hydrogen-bond donors (Lipinski definition) is 16. The van der Waals surface area contributed by atoms with Crippen LogP contribution in [0.5, 0.6) is 0 Å². The summed E-state index contributed by atoms with van der Waals surface area (Å²) in [6.45, 7) is -4.20. The molecule has 0 saturated carbocycles. The summed E-state index contributed by atoms with van der Waals surface area (Å²) < 4.78 is 32.3. The van der Waals surface area contributed by atoms with E-state index in [1.54, 1.807) is 0 Å². The number of esters is 1. The Morgan fingerprint density at radius 2 is 1.23 bits per heavy atom. The fourth-order valence-corrected chi connectivity index (χ4v) is 5.19. The smallest absolute Gasteiger partial charge is 0.340 e. The third kappa shape index (κ3) is 8.17. The number of hydrogen-bond acceptors (Lipinski definition) is 23. The van der Waals surface area contributed by atoms with Gasteiger partial charge in [0.05, 0.1) is 37.9 Å². The highest BCUT2D eigenvalue weighted by Crippen LogP contribution is 2.35. The molecule has 3 saturated heterocycles. The average molecular weight is 696 g/mol. The van der Waals surface area contributed by atoms with Crippen LogP contribution >= 0.6 is 0 Å². The standard InChI is InChI=1S/C24H45N3O20/c25-8-12(34)17(6(2-29)42-20(8)40)44-22-9(26)13(35)18(7(3-30)43-22)45-23-10(27)14(36)19(39)24(4-31,47-23)46-21(41)16(38)15(37)11(33)5(32)1-28/h5-20,22-23,28-40H,1-4,25-27H2/t5?,6-,7-,8-,9-,10-,11?,12-,13-,14-,15?,16?,17?,18?,19+,20-,22+,23+,24+/m1/s1. The van der Waals surface area contributed by atoms with Gasteiger partial charge in [-0.1, -0.05) is 0 Å². The van der Waals surface area contributed by atoms with Crippen LogP contribution in [0.2, 0.25) is 0 Å². The van der Waals surface area contributed by atoms with Crippen LogP contribution in [-0.4, -0.2) is 215 Å². The highest BCUT2D eigenvalue weighted by Gasteiger charge is 2.59. The second-order valence-corrected chi connectivity index (χ2v) is 11.4. The topological polar surface area (TPSA) is 414 Å². The van der Waals surface area contributed by atoms with Crippen LogP contribution < -0.4 is 17.2 Å². The Kier molecular flexibility index (Phi) is 14.1. The molecular weight excluding hydrogens is 650 g/mol. The fraction of sp³-hybridized carbons (Fsp3) is 0.958. The molecule has 0 aromatic rings. The van der Waals surface area contributed by atoms with E-state index in [0.29, 0.717) is 0 Å². The van der Waals surface area contributed by atoms with Gasteiger partial charge in [-0.2, -0.15) is 0 Å². The van der Waals surface area contributed by atoms with Gasteiger partial charge in [0.15, 0.2) is 25.0 Å². The zero-order valence-corrected chi connectivity index (χ0v) is 24.6. The third-order valence-corrected chi connectivity index (χ3v) is 8.19. The van der Waals surface area contributed by atoms with Crippen molar-refractivity contribution in [1.29, 1.82) is 0 Å². The van der Waals surface area contributed by atoms with Crippen molar-refractivity contribution in [3.8, 4) is 0 Å². The minimum atomic E-state index is -2.99. The van der Waals surface area contributed by atoms with Gasteiger partial charge in [0.1, 0.15) is 73.8 Å². The van der Waals surface area contributed by atoms with Crippen LogP contribution in [0.25, 0.3) is 0 Å². The molecule has 19 N–H and O–H groups in total. The molecule has 0 aromatic heterocycles. The van der Waals surface area contributed by atoms with Crippen LogP contribution in [0.3, 0.4) is 0 Å². The van der Waals surface area contributed by atoms with E-state index in [0.717, 1.165) is 0 Å². The summed E-state index contributed by atoms with van der Waals surface area (Å²) in [5.41, 5.74) is 17.7. The Morgan fingerprint density at radius 1 is 0.723 bits per heavy atom. The molecule has 0 aliphatic carbocycles. The maximum atomic E-state index is 12.6. The van der Waals surface area contributed by atoms with Crippen molar-refractivity contribution >= 4 is 5.97 Å². The number of aliphatic hydroxyl groups excluding tert-OH is 13. The molecule has 0 amide bonds. The van der Waals surface area contributed by atoms with Crippen LogP contribution in [0.15, 0.2) is 0 Å². The zero-order chi connectivity index (χ0) is 35.5. The molecule has 47 heavy (non-hydrogen) atoms. The Balaban J connectivity index is 1.79. The van der Waals surface area contributed by atoms with Crippen LogP contribution in [0.1, 0.15) is 0 Å². The van der Waals surface area contributed by atoms with Crippen molar-refractivity contribution in [3.63, 3.8) is 0 Å². The van der Waals surface area contributed by atoms with E-state index in [2.05, 4.69) is 0 Å². The first-order valence-electron chi connectivity index (χ1n) is 14.3. The zero-order valence-electron chi connectivity index (χ0n) is 24.6. The molecule has 3 heterocycles. The summed E-state index contributed by atoms with van der Waals surface area (Å²) in [6.07, 6.45) is -28.7. The molecule has 6 unspecified atom stereocenters. The van der Waals surface area contributed by atoms with E-state index in [9.17, 15) is 66.1 Å². The molecule has 0 bridgehead atoms. The Hall–Kier alpha value is -1.37. The van der Waals surface area contributed by atoms with Gasteiger partial charge in [0.2, 0.25) is 0 Å². The van der Waals surface area contributed by atoms with Crippen molar-refractivity contribution in [3.05, 3.63) is 0 Å². The summed E-state index contributed by atoms with van der Waals surface area (Å²) in [5.74, 6) is -4.85. The van der Waals surface area contributed by atoms with E-state index < -0.39 is 148 Å². The number of nitrogens with two attached hydrogens (primary N) is 3. The molecule has 0 spiro atoms. The molecule has 23 nitrogen and oxygen atoms in total. The minimum Gasteiger partial charge on any atom is -0.425 e. The SMILES string of the molecule is N[C@H]1[C@@H](OC2[C@@H](CO)O[C@@H](OC3[C@@H](CO)O[C@@H](O)[C@H](N)[C@H]3O)[C@H](N)[C@H]2O)O[C@](CO)(OC(=O)C(O)C(O)C(O)C(O)CO)[C@@H](O)[C@@H]1O.